The van der Waals surface area contributed by atoms with Crippen molar-refractivity contribution in [3.05, 3.63) is 24.2 Å². The van der Waals surface area contributed by atoms with Crippen molar-refractivity contribution in [2.24, 2.45) is 11.7 Å². The molecule has 0 radical (unpaired) electrons. The summed E-state index contributed by atoms with van der Waals surface area (Å²) >= 11 is 0. The van der Waals surface area contributed by atoms with Crippen LogP contribution in [0, 0.1) is 5.92 Å². The Kier molecular flexibility index (Phi) is 3.68. The first kappa shape index (κ1) is 13.2. The highest BCUT2D eigenvalue weighted by Crippen LogP contribution is 2.42. The van der Waals surface area contributed by atoms with Crippen molar-refractivity contribution in [1.29, 1.82) is 0 Å². The summed E-state index contributed by atoms with van der Waals surface area (Å²) in [6.07, 6.45) is 9.58. The van der Waals surface area contributed by atoms with Crippen molar-refractivity contribution in [3.8, 4) is 0 Å². The molecule has 19 heavy (non-hydrogen) atoms. The van der Waals surface area contributed by atoms with Crippen molar-refractivity contribution in [2.75, 3.05) is 6.54 Å². The van der Waals surface area contributed by atoms with Crippen molar-refractivity contribution in [3.63, 3.8) is 0 Å². The monoisotopic (exact) mass is 262 g/mol. The molecule has 2 saturated carbocycles. The Morgan fingerprint density at radius 1 is 1.32 bits per heavy atom. The predicted octanol–water partition coefficient (Wildman–Crippen LogP) is 3.15. The SMILES string of the molecule is CC1CCC(CN)(N(Cc2ccco2)C2CC2)CC1. The zero-order chi connectivity index (χ0) is 13.3. The third kappa shape index (κ3) is 2.72. The van der Waals surface area contributed by atoms with Crippen LogP contribution in [0.2, 0.25) is 0 Å². The van der Waals surface area contributed by atoms with Crippen molar-refractivity contribution >= 4 is 0 Å². The molecule has 106 valence electrons. The van der Waals surface area contributed by atoms with E-state index in [1.807, 2.05) is 6.07 Å². The van der Waals surface area contributed by atoms with Crippen LogP contribution in [-0.2, 0) is 6.54 Å². The van der Waals surface area contributed by atoms with Gasteiger partial charge in [0.1, 0.15) is 5.76 Å². The van der Waals surface area contributed by atoms with E-state index in [0.29, 0.717) is 0 Å². The van der Waals surface area contributed by atoms with Crippen molar-refractivity contribution in [1.82, 2.24) is 4.90 Å². The first-order valence-electron chi connectivity index (χ1n) is 7.73. The second-order valence-electron chi connectivity index (χ2n) is 6.55. The molecule has 1 aromatic rings. The fraction of sp³-hybridized carbons (Fsp3) is 0.750. The van der Waals surface area contributed by atoms with Crippen LogP contribution < -0.4 is 5.73 Å². The van der Waals surface area contributed by atoms with E-state index in [-0.39, 0.29) is 5.54 Å². The molecule has 0 aliphatic heterocycles. The molecule has 0 amide bonds. The lowest BCUT2D eigenvalue weighted by Gasteiger charge is -2.47. The minimum absolute atomic E-state index is 0.223. The number of hydrogen-bond acceptors (Lipinski definition) is 3. The van der Waals surface area contributed by atoms with Gasteiger partial charge in [-0.15, -0.1) is 0 Å². The molecule has 0 unspecified atom stereocenters. The summed E-state index contributed by atoms with van der Waals surface area (Å²) in [4.78, 5) is 2.66. The quantitative estimate of drug-likeness (QED) is 0.886. The van der Waals surface area contributed by atoms with Crippen LogP contribution in [0.25, 0.3) is 0 Å². The van der Waals surface area contributed by atoms with Gasteiger partial charge in [-0.1, -0.05) is 6.92 Å². The van der Waals surface area contributed by atoms with Gasteiger partial charge in [0, 0.05) is 18.1 Å². The molecule has 2 aliphatic carbocycles. The first-order valence-corrected chi connectivity index (χ1v) is 7.73. The van der Waals surface area contributed by atoms with E-state index in [4.69, 9.17) is 10.2 Å². The van der Waals surface area contributed by atoms with E-state index < -0.39 is 0 Å². The molecule has 0 aromatic carbocycles. The average Bonchev–Trinajstić information content (AvgIpc) is 3.14. The highest BCUT2D eigenvalue weighted by atomic mass is 16.3. The number of rotatable bonds is 5. The summed E-state index contributed by atoms with van der Waals surface area (Å²) in [5, 5.41) is 0. The Morgan fingerprint density at radius 3 is 2.58 bits per heavy atom. The van der Waals surface area contributed by atoms with Crippen LogP contribution in [0.3, 0.4) is 0 Å². The molecule has 3 nitrogen and oxygen atoms in total. The minimum Gasteiger partial charge on any atom is -0.468 e. The highest BCUT2D eigenvalue weighted by molar-refractivity contribution is 5.06. The van der Waals surface area contributed by atoms with Crippen LogP contribution in [0.1, 0.15) is 51.2 Å². The zero-order valence-electron chi connectivity index (χ0n) is 12.0. The van der Waals surface area contributed by atoms with E-state index in [1.165, 1.54) is 38.5 Å². The smallest absolute Gasteiger partial charge is 0.117 e. The number of nitrogens with zero attached hydrogens (tertiary/aromatic N) is 1. The van der Waals surface area contributed by atoms with Gasteiger partial charge in [-0.05, 0) is 56.6 Å². The number of hydrogen-bond donors (Lipinski definition) is 1. The molecule has 2 N–H and O–H groups in total. The molecule has 2 fully saturated rings. The highest BCUT2D eigenvalue weighted by Gasteiger charge is 2.45. The molecule has 0 bridgehead atoms. The van der Waals surface area contributed by atoms with E-state index in [2.05, 4.69) is 17.9 Å². The Morgan fingerprint density at radius 2 is 2.05 bits per heavy atom. The lowest BCUT2D eigenvalue weighted by atomic mass is 9.75. The summed E-state index contributed by atoms with van der Waals surface area (Å²) in [5.74, 6) is 1.95. The zero-order valence-corrected chi connectivity index (χ0v) is 12.0. The molecule has 3 rings (SSSR count). The summed E-state index contributed by atoms with van der Waals surface area (Å²) in [5.41, 5.74) is 6.43. The Labute approximate surface area is 116 Å². The van der Waals surface area contributed by atoms with Gasteiger partial charge in [0.2, 0.25) is 0 Å². The average molecular weight is 262 g/mol. The maximum absolute atomic E-state index is 6.21. The van der Waals surface area contributed by atoms with Gasteiger partial charge in [-0.2, -0.15) is 0 Å². The van der Waals surface area contributed by atoms with Crippen LogP contribution >= 0.6 is 0 Å². The van der Waals surface area contributed by atoms with Gasteiger partial charge in [0.25, 0.3) is 0 Å². The molecular formula is C16H26N2O. The second kappa shape index (κ2) is 5.29. The minimum atomic E-state index is 0.223. The summed E-state index contributed by atoms with van der Waals surface area (Å²) in [6.45, 7) is 4.09. The van der Waals surface area contributed by atoms with Gasteiger partial charge >= 0.3 is 0 Å². The fourth-order valence-electron chi connectivity index (χ4n) is 3.55. The van der Waals surface area contributed by atoms with Gasteiger partial charge in [0.15, 0.2) is 0 Å². The van der Waals surface area contributed by atoms with Crippen LogP contribution in [-0.4, -0.2) is 23.0 Å². The van der Waals surface area contributed by atoms with Gasteiger partial charge in [-0.25, -0.2) is 0 Å². The van der Waals surface area contributed by atoms with Gasteiger partial charge < -0.3 is 10.2 Å². The summed E-state index contributed by atoms with van der Waals surface area (Å²) < 4.78 is 5.56. The number of nitrogens with two attached hydrogens (primary N) is 1. The molecular weight excluding hydrogens is 236 g/mol. The largest absolute Gasteiger partial charge is 0.468 e. The lowest BCUT2D eigenvalue weighted by Crippen LogP contribution is -2.56. The third-order valence-electron chi connectivity index (χ3n) is 5.09. The molecule has 3 heteroatoms. The third-order valence-corrected chi connectivity index (χ3v) is 5.09. The second-order valence-corrected chi connectivity index (χ2v) is 6.55. The lowest BCUT2D eigenvalue weighted by molar-refractivity contribution is 0.0253. The maximum atomic E-state index is 6.21. The van der Waals surface area contributed by atoms with E-state index in [0.717, 1.165) is 30.8 Å². The van der Waals surface area contributed by atoms with Crippen molar-refractivity contribution in [2.45, 2.75) is 63.6 Å². The molecule has 2 aliphatic rings. The van der Waals surface area contributed by atoms with Crippen LogP contribution in [0.4, 0.5) is 0 Å². The Bertz CT molecular complexity index is 389. The maximum Gasteiger partial charge on any atom is 0.117 e. The standard InChI is InChI=1S/C16H26N2O/c1-13-6-8-16(12-17,9-7-13)18(14-4-5-14)11-15-3-2-10-19-15/h2-3,10,13-14H,4-9,11-12,17H2,1H3. The predicted molar refractivity (Wildman–Crippen MR) is 76.7 cm³/mol. The topological polar surface area (TPSA) is 42.4 Å². The van der Waals surface area contributed by atoms with E-state index >= 15 is 0 Å². The van der Waals surface area contributed by atoms with Crippen molar-refractivity contribution < 1.29 is 4.42 Å². The summed E-state index contributed by atoms with van der Waals surface area (Å²) in [6, 6.07) is 4.81. The molecule has 0 spiro atoms. The van der Waals surface area contributed by atoms with Gasteiger partial charge in [0.05, 0.1) is 12.8 Å². The van der Waals surface area contributed by atoms with E-state index in [1.54, 1.807) is 6.26 Å². The summed E-state index contributed by atoms with van der Waals surface area (Å²) in [7, 11) is 0. The normalized spacial score (nSPS) is 31.8. The molecule has 1 heterocycles. The van der Waals surface area contributed by atoms with Crippen LogP contribution in [0.15, 0.2) is 22.8 Å². The van der Waals surface area contributed by atoms with E-state index in [9.17, 15) is 0 Å². The molecule has 1 aromatic heterocycles. The Hall–Kier alpha value is -0.800. The van der Waals surface area contributed by atoms with Crippen LogP contribution in [0.5, 0.6) is 0 Å². The molecule has 0 saturated heterocycles. The van der Waals surface area contributed by atoms with Gasteiger partial charge in [-0.3, -0.25) is 4.90 Å². The molecule has 0 atom stereocenters. The Balaban J connectivity index is 1.77. The fourth-order valence-corrected chi connectivity index (χ4v) is 3.55. The number of furan rings is 1. The first-order chi connectivity index (χ1) is 9.23.